The molecule has 1 rings (SSSR count). The van der Waals surface area contributed by atoms with Crippen molar-refractivity contribution in [2.75, 3.05) is 0 Å². The van der Waals surface area contributed by atoms with Crippen LogP contribution in [0.4, 0.5) is 0 Å². The highest BCUT2D eigenvalue weighted by Gasteiger charge is 2.39. The second-order valence-electron chi connectivity index (χ2n) is 7.19. The Hall–Kier alpha value is -1.20. The van der Waals surface area contributed by atoms with E-state index in [9.17, 15) is 19.8 Å². The van der Waals surface area contributed by atoms with Crippen molar-refractivity contribution in [3.8, 4) is 0 Å². The first-order valence-corrected chi connectivity index (χ1v) is 9.75. The SMILES string of the molecule is CCCCCCC=C[C@H]1[C@H](O)CC(=O)[C@@H]1CCCCCC(O)C(=O)O. The minimum absolute atomic E-state index is 0.0803. The number of carbonyl (C=O) groups is 2. The Labute approximate surface area is 151 Å². The third kappa shape index (κ3) is 8.15. The molecule has 1 saturated carbocycles. The van der Waals surface area contributed by atoms with Crippen LogP contribution in [-0.4, -0.2) is 39.3 Å². The van der Waals surface area contributed by atoms with Crippen LogP contribution >= 0.6 is 0 Å². The Kier molecular flexibility index (Phi) is 10.7. The van der Waals surface area contributed by atoms with Gasteiger partial charge in [0.1, 0.15) is 5.78 Å². The summed E-state index contributed by atoms with van der Waals surface area (Å²) in [5.74, 6) is -1.24. The highest BCUT2D eigenvalue weighted by Crippen LogP contribution is 2.34. The number of aliphatic hydroxyl groups is 2. The number of carbonyl (C=O) groups excluding carboxylic acids is 1. The average molecular weight is 354 g/mol. The van der Waals surface area contributed by atoms with Crippen molar-refractivity contribution in [3.63, 3.8) is 0 Å². The summed E-state index contributed by atoms with van der Waals surface area (Å²) in [6, 6.07) is 0. The molecular weight excluding hydrogens is 320 g/mol. The van der Waals surface area contributed by atoms with Crippen molar-refractivity contribution in [1.29, 1.82) is 0 Å². The first-order valence-electron chi connectivity index (χ1n) is 9.75. The van der Waals surface area contributed by atoms with E-state index >= 15 is 0 Å². The maximum atomic E-state index is 12.1. The van der Waals surface area contributed by atoms with Gasteiger partial charge in [0, 0.05) is 18.3 Å². The van der Waals surface area contributed by atoms with Gasteiger partial charge in [-0.25, -0.2) is 4.79 Å². The zero-order valence-electron chi connectivity index (χ0n) is 15.4. The quantitative estimate of drug-likeness (QED) is 0.348. The molecule has 0 spiro atoms. The number of Topliss-reactive ketones (excluding diaryl/α,β-unsaturated/α-hetero) is 1. The fourth-order valence-corrected chi connectivity index (χ4v) is 3.54. The number of hydrogen-bond donors (Lipinski definition) is 3. The maximum Gasteiger partial charge on any atom is 0.332 e. The van der Waals surface area contributed by atoms with Gasteiger partial charge in [0.25, 0.3) is 0 Å². The molecule has 0 bridgehead atoms. The van der Waals surface area contributed by atoms with Gasteiger partial charge in [-0.15, -0.1) is 0 Å². The molecular formula is C20H34O5. The molecule has 1 fully saturated rings. The van der Waals surface area contributed by atoms with Crippen molar-refractivity contribution in [1.82, 2.24) is 0 Å². The average Bonchev–Trinajstić information content (AvgIpc) is 2.83. The van der Waals surface area contributed by atoms with E-state index in [-0.39, 0.29) is 30.5 Å². The van der Waals surface area contributed by atoms with E-state index in [0.717, 1.165) is 32.1 Å². The van der Waals surface area contributed by atoms with Crippen molar-refractivity contribution >= 4 is 11.8 Å². The molecule has 1 unspecified atom stereocenters. The molecule has 0 amide bonds. The lowest BCUT2D eigenvalue weighted by Gasteiger charge is -2.17. The molecule has 5 nitrogen and oxygen atoms in total. The fourth-order valence-electron chi connectivity index (χ4n) is 3.54. The molecule has 5 heteroatoms. The number of rotatable bonds is 13. The summed E-state index contributed by atoms with van der Waals surface area (Å²) >= 11 is 0. The van der Waals surface area contributed by atoms with Crippen molar-refractivity contribution in [2.45, 2.75) is 89.8 Å². The molecule has 3 N–H and O–H groups in total. The number of carboxylic acids is 1. The first kappa shape index (κ1) is 21.8. The van der Waals surface area contributed by atoms with Crippen LogP contribution in [0.1, 0.15) is 77.6 Å². The molecule has 25 heavy (non-hydrogen) atoms. The molecule has 1 aliphatic rings. The van der Waals surface area contributed by atoms with Gasteiger partial charge in [-0.2, -0.15) is 0 Å². The monoisotopic (exact) mass is 354 g/mol. The van der Waals surface area contributed by atoms with Crippen LogP contribution in [0, 0.1) is 11.8 Å². The molecule has 0 saturated heterocycles. The lowest BCUT2D eigenvalue weighted by Crippen LogP contribution is -2.19. The third-order valence-corrected chi connectivity index (χ3v) is 5.09. The first-order chi connectivity index (χ1) is 12.0. The van der Waals surface area contributed by atoms with Gasteiger partial charge in [0.05, 0.1) is 6.10 Å². The maximum absolute atomic E-state index is 12.1. The van der Waals surface area contributed by atoms with Crippen LogP contribution < -0.4 is 0 Å². The Balaban J connectivity index is 2.32. The van der Waals surface area contributed by atoms with Crippen LogP contribution in [0.5, 0.6) is 0 Å². The summed E-state index contributed by atoms with van der Waals surface area (Å²) < 4.78 is 0. The number of allylic oxidation sites excluding steroid dienone is 1. The number of hydrogen-bond acceptors (Lipinski definition) is 4. The van der Waals surface area contributed by atoms with Crippen LogP contribution in [0.3, 0.4) is 0 Å². The predicted octanol–water partition coefficient (Wildman–Crippen LogP) is 3.48. The Morgan fingerprint density at radius 3 is 2.60 bits per heavy atom. The Bertz CT molecular complexity index is 432. The number of aliphatic carboxylic acids is 1. The van der Waals surface area contributed by atoms with Crippen LogP contribution in [-0.2, 0) is 9.59 Å². The number of carboxylic acid groups (broad SMARTS) is 1. The topological polar surface area (TPSA) is 94.8 Å². The second-order valence-corrected chi connectivity index (χ2v) is 7.19. The van der Waals surface area contributed by atoms with E-state index in [1.54, 1.807) is 0 Å². The molecule has 4 atom stereocenters. The summed E-state index contributed by atoms with van der Waals surface area (Å²) in [6.45, 7) is 2.18. The summed E-state index contributed by atoms with van der Waals surface area (Å²) in [5.41, 5.74) is 0. The van der Waals surface area contributed by atoms with Gasteiger partial charge >= 0.3 is 5.97 Å². The highest BCUT2D eigenvalue weighted by molar-refractivity contribution is 5.84. The van der Waals surface area contributed by atoms with Gasteiger partial charge in [0.2, 0.25) is 0 Å². The van der Waals surface area contributed by atoms with Gasteiger partial charge in [-0.1, -0.05) is 57.6 Å². The van der Waals surface area contributed by atoms with Crippen LogP contribution in [0.2, 0.25) is 0 Å². The van der Waals surface area contributed by atoms with Crippen molar-refractivity contribution in [2.24, 2.45) is 11.8 Å². The fraction of sp³-hybridized carbons (Fsp3) is 0.800. The minimum atomic E-state index is -1.29. The van der Waals surface area contributed by atoms with E-state index in [4.69, 9.17) is 5.11 Å². The number of unbranched alkanes of at least 4 members (excludes halogenated alkanes) is 6. The molecule has 144 valence electrons. The van der Waals surface area contributed by atoms with E-state index in [0.29, 0.717) is 6.42 Å². The largest absolute Gasteiger partial charge is 0.479 e. The van der Waals surface area contributed by atoms with Gasteiger partial charge < -0.3 is 15.3 Å². The van der Waals surface area contributed by atoms with Crippen LogP contribution in [0.25, 0.3) is 0 Å². The molecule has 0 aromatic heterocycles. The normalized spacial score (nSPS) is 24.9. The zero-order valence-corrected chi connectivity index (χ0v) is 15.4. The molecule has 0 aliphatic heterocycles. The van der Waals surface area contributed by atoms with E-state index in [1.165, 1.54) is 19.3 Å². The smallest absolute Gasteiger partial charge is 0.332 e. The summed E-state index contributed by atoms with van der Waals surface area (Å²) in [5, 5.41) is 28.0. The Morgan fingerprint density at radius 1 is 1.20 bits per heavy atom. The predicted molar refractivity (Wildman–Crippen MR) is 97.2 cm³/mol. The van der Waals surface area contributed by atoms with Crippen molar-refractivity contribution < 1.29 is 24.9 Å². The summed E-state index contributed by atoms with van der Waals surface area (Å²) in [6.07, 6.45) is 11.6. The lowest BCUT2D eigenvalue weighted by molar-refractivity contribution is -0.147. The van der Waals surface area contributed by atoms with Gasteiger partial charge in [0.15, 0.2) is 6.10 Å². The van der Waals surface area contributed by atoms with E-state index < -0.39 is 18.2 Å². The van der Waals surface area contributed by atoms with Gasteiger partial charge in [-0.3, -0.25) is 4.79 Å². The zero-order chi connectivity index (χ0) is 18.7. The molecule has 0 aromatic rings. The van der Waals surface area contributed by atoms with Crippen molar-refractivity contribution in [3.05, 3.63) is 12.2 Å². The minimum Gasteiger partial charge on any atom is -0.479 e. The standard InChI is InChI=1S/C20H34O5/c1-2-3-4-5-6-8-11-15-16(19(23)14-18(15)22)12-9-7-10-13-17(21)20(24)25/h8,11,15-18,21-22H,2-7,9-10,12-14H2,1H3,(H,24,25)/t15-,16-,17?,18-/m1/s1. The third-order valence-electron chi connectivity index (χ3n) is 5.09. The van der Waals surface area contributed by atoms with E-state index in [2.05, 4.69) is 13.0 Å². The number of aliphatic hydroxyl groups excluding tert-OH is 2. The summed E-state index contributed by atoms with van der Waals surface area (Å²) in [4.78, 5) is 22.7. The second kappa shape index (κ2) is 12.2. The van der Waals surface area contributed by atoms with Gasteiger partial charge in [-0.05, 0) is 25.7 Å². The summed E-state index contributed by atoms with van der Waals surface area (Å²) in [7, 11) is 0. The highest BCUT2D eigenvalue weighted by atomic mass is 16.4. The molecule has 0 heterocycles. The molecule has 0 aromatic carbocycles. The van der Waals surface area contributed by atoms with E-state index in [1.807, 2.05) is 6.08 Å². The molecule has 0 radical (unpaired) electrons. The van der Waals surface area contributed by atoms with Crippen LogP contribution in [0.15, 0.2) is 12.2 Å². The molecule has 1 aliphatic carbocycles. The number of ketones is 1. The Morgan fingerprint density at radius 2 is 1.92 bits per heavy atom. The lowest BCUT2D eigenvalue weighted by atomic mass is 9.88.